The van der Waals surface area contributed by atoms with Gasteiger partial charge in [-0.25, -0.2) is 18.1 Å². The van der Waals surface area contributed by atoms with Crippen molar-refractivity contribution in [2.75, 3.05) is 24.6 Å². The number of benzene rings is 2. The first kappa shape index (κ1) is 33.2. The molecule has 256 valence electrons. The molecular weight excluding hydrogens is 648 g/mol. The summed E-state index contributed by atoms with van der Waals surface area (Å²) in [6, 6.07) is 11.4. The number of amides is 1. The second kappa shape index (κ2) is 12.5. The van der Waals surface area contributed by atoms with E-state index >= 15 is 0 Å². The number of ether oxygens (including phenoxy) is 1. The summed E-state index contributed by atoms with van der Waals surface area (Å²) in [5.74, 6) is 0.634. The molecule has 9 nitrogen and oxygen atoms in total. The Labute approximate surface area is 288 Å². The predicted octanol–water partition coefficient (Wildman–Crippen LogP) is 5.59. The van der Waals surface area contributed by atoms with Gasteiger partial charge in [0, 0.05) is 55.0 Å². The van der Waals surface area contributed by atoms with Gasteiger partial charge in [-0.3, -0.25) is 4.79 Å². The summed E-state index contributed by atoms with van der Waals surface area (Å²) in [5.41, 5.74) is 2.03. The number of imidazole rings is 1. The van der Waals surface area contributed by atoms with Gasteiger partial charge < -0.3 is 19.3 Å². The molecule has 48 heavy (non-hydrogen) atoms. The molecule has 6 atom stereocenters. The second-order valence-electron chi connectivity index (χ2n) is 14.7. The normalized spacial score (nSPS) is 32.2. The Bertz CT molecular complexity index is 1860. The zero-order valence-electron chi connectivity index (χ0n) is 27.9. The van der Waals surface area contributed by atoms with Crippen molar-refractivity contribution in [1.29, 1.82) is 0 Å². The number of sulfonamides is 1. The number of carbonyl (C=O) groups excluding carboxylic acids is 1. The van der Waals surface area contributed by atoms with Crippen molar-refractivity contribution < 1.29 is 23.1 Å². The van der Waals surface area contributed by atoms with Crippen molar-refractivity contribution in [2.45, 2.75) is 75.1 Å². The van der Waals surface area contributed by atoms with Gasteiger partial charge in [-0.05, 0) is 105 Å². The summed E-state index contributed by atoms with van der Waals surface area (Å²) in [5, 5.41) is 12.4. The summed E-state index contributed by atoms with van der Waals surface area (Å²) >= 11 is 6.44. The van der Waals surface area contributed by atoms with Gasteiger partial charge >= 0.3 is 0 Å². The van der Waals surface area contributed by atoms with E-state index in [4.69, 9.17) is 16.3 Å². The predicted molar refractivity (Wildman–Crippen MR) is 187 cm³/mol. The van der Waals surface area contributed by atoms with Gasteiger partial charge in [0.2, 0.25) is 10.0 Å². The Morgan fingerprint density at radius 2 is 2.00 bits per heavy atom. The quantitative estimate of drug-likeness (QED) is 0.337. The third-order valence-corrected chi connectivity index (χ3v) is 13.8. The highest BCUT2D eigenvalue weighted by Crippen LogP contribution is 2.49. The molecule has 4 aliphatic rings. The minimum absolute atomic E-state index is 0.0395. The molecule has 1 saturated carbocycles. The topological polar surface area (TPSA) is 114 Å². The average molecular weight is 693 g/mol. The first-order valence-corrected chi connectivity index (χ1v) is 19.0. The third kappa shape index (κ3) is 6.05. The molecule has 7 rings (SSSR count). The number of nitrogens with one attached hydrogen (secondary N) is 1. The highest BCUT2D eigenvalue weighted by molar-refractivity contribution is 7.90. The zero-order chi connectivity index (χ0) is 33.8. The molecule has 2 N–H and O–H groups in total. The van der Waals surface area contributed by atoms with E-state index in [2.05, 4.69) is 26.7 Å². The Morgan fingerprint density at radius 3 is 2.75 bits per heavy atom. The number of aromatic nitrogens is 2. The summed E-state index contributed by atoms with van der Waals surface area (Å²) < 4.78 is 37.8. The number of fused-ring (bicyclic) bond motifs is 4. The van der Waals surface area contributed by atoms with Crippen molar-refractivity contribution in [3.05, 3.63) is 88.5 Å². The Hall–Kier alpha value is -3.34. The van der Waals surface area contributed by atoms with E-state index in [-0.39, 0.29) is 28.7 Å². The Morgan fingerprint density at radius 1 is 1.17 bits per heavy atom. The fourth-order valence-electron chi connectivity index (χ4n) is 8.38. The first-order chi connectivity index (χ1) is 22.9. The van der Waals surface area contributed by atoms with Crippen LogP contribution in [0, 0.1) is 17.8 Å². The highest BCUT2D eigenvalue weighted by atomic mass is 35.5. The maximum atomic E-state index is 13.5. The summed E-state index contributed by atoms with van der Waals surface area (Å²) in [7, 11) is -2.05. The summed E-state index contributed by atoms with van der Waals surface area (Å²) in [6.45, 7) is 5.26. The van der Waals surface area contributed by atoms with E-state index in [1.165, 1.54) is 11.1 Å². The molecule has 2 aromatic carbocycles. The monoisotopic (exact) mass is 692 g/mol. The molecule has 0 radical (unpaired) electrons. The van der Waals surface area contributed by atoms with Gasteiger partial charge in [0.1, 0.15) is 11.6 Å². The van der Waals surface area contributed by atoms with E-state index in [1.54, 1.807) is 31.3 Å². The highest BCUT2D eigenvalue weighted by Gasteiger charge is 2.48. The van der Waals surface area contributed by atoms with Crippen molar-refractivity contribution in [2.24, 2.45) is 24.8 Å². The Balaban J connectivity index is 1.33. The minimum atomic E-state index is -3.99. The van der Waals surface area contributed by atoms with Crippen LogP contribution < -0.4 is 14.4 Å². The lowest BCUT2D eigenvalue weighted by molar-refractivity contribution is -0.0462. The van der Waals surface area contributed by atoms with Crippen LogP contribution in [-0.2, 0) is 35.3 Å². The molecular formula is C37H45ClN4O5S. The SMILES string of the molecule is C[C@@H]1[C@@H](C)C/C=C/[C@](O)(Cc2nccn2C)[C@@H]2CC[C@H]2CN2C[C@@]3(CCCc4cc(Cl)ccc43)COc3ccc(cc32)C(=O)NS1(=O)=O. The first-order valence-electron chi connectivity index (χ1n) is 17.1. The van der Waals surface area contributed by atoms with Crippen LogP contribution in [0.1, 0.15) is 73.3 Å². The maximum absolute atomic E-state index is 13.5. The lowest BCUT2D eigenvalue weighted by atomic mass is 9.63. The van der Waals surface area contributed by atoms with Gasteiger partial charge in [0.05, 0.1) is 23.1 Å². The number of allylic oxidation sites excluding steroid dienone is 1. The molecule has 2 aliphatic carbocycles. The third-order valence-electron chi connectivity index (χ3n) is 11.6. The number of halogens is 1. The number of nitrogens with zero attached hydrogens (tertiary/aromatic N) is 3. The zero-order valence-corrected chi connectivity index (χ0v) is 29.4. The van der Waals surface area contributed by atoms with Gasteiger partial charge in [0.25, 0.3) is 5.91 Å². The van der Waals surface area contributed by atoms with Crippen LogP contribution in [-0.4, -0.2) is 59.5 Å². The van der Waals surface area contributed by atoms with Crippen LogP contribution in [0.3, 0.4) is 0 Å². The summed E-state index contributed by atoms with van der Waals surface area (Å²) in [6.07, 6.45) is 13.0. The molecule has 3 aromatic rings. The number of aryl methyl sites for hydroxylation is 2. The average Bonchev–Trinajstić information content (AvgIpc) is 3.35. The molecule has 3 heterocycles. The van der Waals surface area contributed by atoms with E-state index in [0.29, 0.717) is 38.3 Å². The van der Waals surface area contributed by atoms with Crippen molar-refractivity contribution >= 4 is 33.2 Å². The van der Waals surface area contributed by atoms with E-state index in [9.17, 15) is 18.3 Å². The molecule has 11 heteroatoms. The van der Waals surface area contributed by atoms with E-state index in [0.717, 1.165) is 48.6 Å². The van der Waals surface area contributed by atoms with Gasteiger partial charge in [-0.2, -0.15) is 0 Å². The number of anilines is 1. The summed E-state index contributed by atoms with van der Waals surface area (Å²) in [4.78, 5) is 20.4. The fraction of sp³-hybridized carbons (Fsp3) is 0.514. The number of aliphatic hydroxyl groups is 1. The second-order valence-corrected chi connectivity index (χ2v) is 17.1. The molecule has 0 saturated heterocycles. The van der Waals surface area contributed by atoms with Crippen molar-refractivity contribution in [1.82, 2.24) is 14.3 Å². The van der Waals surface area contributed by atoms with Crippen LogP contribution >= 0.6 is 11.6 Å². The van der Waals surface area contributed by atoms with Crippen LogP contribution in [0.2, 0.25) is 5.02 Å². The smallest absolute Gasteiger partial charge is 0.264 e. The van der Waals surface area contributed by atoms with Crippen LogP contribution in [0.4, 0.5) is 5.69 Å². The number of carbonyl (C=O) groups is 1. The standard InChI is InChI=1S/C37H45ClN4O5S/c1-24-6-4-15-37(44,20-34-39-16-17-41(34)3)31-11-8-28(31)21-42-22-36(14-5-7-26-18-29(38)10-12-30(26)36)23-47-33-13-9-27(19-32(33)42)35(43)40-48(45,46)25(24)2/h4,9-10,12-13,15-19,24-25,28,31,44H,5-8,11,14,20-23H2,1-3H3,(H,40,43)/b15-4+/t24-,25+,28-,31+,36-,37-/m0/s1. The molecule has 1 spiro atoms. The lowest BCUT2D eigenvalue weighted by Gasteiger charge is -2.49. The van der Waals surface area contributed by atoms with E-state index < -0.39 is 26.8 Å². The molecule has 1 aromatic heterocycles. The number of hydrogen-bond donors (Lipinski definition) is 2. The van der Waals surface area contributed by atoms with Crippen molar-refractivity contribution in [3.8, 4) is 5.75 Å². The van der Waals surface area contributed by atoms with Gasteiger partial charge in [0.15, 0.2) is 0 Å². The largest absolute Gasteiger partial charge is 0.490 e. The minimum Gasteiger partial charge on any atom is -0.490 e. The number of hydrogen-bond acceptors (Lipinski definition) is 7. The van der Waals surface area contributed by atoms with Crippen LogP contribution in [0.15, 0.2) is 60.9 Å². The molecule has 2 aliphatic heterocycles. The van der Waals surface area contributed by atoms with E-state index in [1.807, 2.05) is 43.0 Å². The van der Waals surface area contributed by atoms with Crippen LogP contribution in [0.5, 0.6) is 5.75 Å². The van der Waals surface area contributed by atoms with Gasteiger partial charge in [-0.15, -0.1) is 0 Å². The molecule has 2 bridgehead atoms. The molecule has 0 unspecified atom stereocenters. The fourth-order valence-corrected chi connectivity index (χ4v) is 9.86. The van der Waals surface area contributed by atoms with Crippen LogP contribution in [0.25, 0.3) is 0 Å². The molecule has 1 amide bonds. The molecule has 1 fully saturated rings. The van der Waals surface area contributed by atoms with Gasteiger partial charge in [-0.1, -0.05) is 36.7 Å². The lowest BCUT2D eigenvalue weighted by Crippen LogP contribution is -2.53. The van der Waals surface area contributed by atoms with Crippen molar-refractivity contribution in [3.63, 3.8) is 0 Å². The number of rotatable bonds is 2. The maximum Gasteiger partial charge on any atom is 0.264 e. The Kier molecular flexibility index (Phi) is 8.65.